The van der Waals surface area contributed by atoms with Gasteiger partial charge in [0.05, 0.1) is 5.54 Å². The quantitative estimate of drug-likeness (QED) is 0.704. The third-order valence-electron chi connectivity index (χ3n) is 2.09. The number of rotatable bonds is 3. The third kappa shape index (κ3) is 1.97. The molecule has 0 aliphatic heterocycles. The van der Waals surface area contributed by atoms with Crippen molar-refractivity contribution in [2.24, 2.45) is 5.73 Å². The van der Waals surface area contributed by atoms with Gasteiger partial charge >= 0.3 is 0 Å². The minimum Gasteiger partial charge on any atom is -0.318 e. The van der Waals surface area contributed by atoms with E-state index in [4.69, 9.17) is 5.73 Å². The van der Waals surface area contributed by atoms with Crippen molar-refractivity contribution in [1.29, 1.82) is 0 Å². The Labute approximate surface area is 71.9 Å². The van der Waals surface area contributed by atoms with Crippen molar-refractivity contribution >= 4 is 16.9 Å². The zero-order valence-corrected chi connectivity index (χ0v) is 7.75. The molecule has 1 aliphatic rings. The summed E-state index contributed by atoms with van der Waals surface area (Å²) in [6.07, 6.45) is 3.95. The van der Waals surface area contributed by atoms with Crippen LogP contribution in [0, 0.1) is 0 Å². The first-order valence-electron chi connectivity index (χ1n) is 4.15. The Balaban J connectivity index is 2.28. The molecule has 0 unspecified atom stereocenters. The standard InChI is InChI=1S/C8H15NOS/c1-2-6-11-7(10)8(9)4-3-5-8/h2-6,9H2,1H3. The van der Waals surface area contributed by atoms with Gasteiger partial charge in [0.25, 0.3) is 0 Å². The summed E-state index contributed by atoms with van der Waals surface area (Å²) >= 11 is 1.40. The van der Waals surface area contributed by atoms with Crippen molar-refractivity contribution in [3.05, 3.63) is 0 Å². The second-order valence-corrected chi connectivity index (χ2v) is 4.21. The van der Waals surface area contributed by atoms with Crippen molar-refractivity contribution in [2.75, 3.05) is 5.75 Å². The number of thioether (sulfide) groups is 1. The average molecular weight is 173 g/mol. The van der Waals surface area contributed by atoms with Crippen LogP contribution in [0.1, 0.15) is 32.6 Å². The van der Waals surface area contributed by atoms with E-state index in [1.807, 2.05) is 0 Å². The summed E-state index contributed by atoms with van der Waals surface area (Å²) in [6, 6.07) is 0. The van der Waals surface area contributed by atoms with Crippen LogP contribution in [0.2, 0.25) is 0 Å². The van der Waals surface area contributed by atoms with Gasteiger partial charge in [-0.1, -0.05) is 18.7 Å². The minimum absolute atomic E-state index is 0.200. The first kappa shape index (κ1) is 9.07. The number of hydrogen-bond acceptors (Lipinski definition) is 3. The molecule has 64 valence electrons. The predicted octanol–water partition coefficient (Wildman–Crippen LogP) is 1.54. The van der Waals surface area contributed by atoms with Crippen LogP contribution < -0.4 is 5.73 Å². The third-order valence-corrected chi connectivity index (χ3v) is 3.37. The summed E-state index contributed by atoms with van der Waals surface area (Å²) in [5.41, 5.74) is 5.37. The molecule has 0 aromatic carbocycles. The zero-order chi connectivity index (χ0) is 8.32. The van der Waals surface area contributed by atoms with Crippen molar-refractivity contribution < 1.29 is 4.79 Å². The molecule has 0 heterocycles. The maximum Gasteiger partial charge on any atom is 0.208 e. The average Bonchev–Trinajstić information content (AvgIpc) is 1.95. The van der Waals surface area contributed by atoms with Crippen LogP contribution in [-0.4, -0.2) is 16.4 Å². The summed E-state index contributed by atoms with van der Waals surface area (Å²) in [7, 11) is 0. The predicted molar refractivity (Wildman–Crippen MR) is 48.5 cm³/mol. The number of nitrogens with two attached hydrogens (primary N) is 1. The van der Waals surface area contributed by atoms with Gasteiger partial charge in [-0.15, -0.1) is 0 Å². The summed E-state index contributed by atoms with van der Waals surface area (Å²) in [5.74, 6) is 0.914. The van der Waals surface area contributed by atoms with Crippen LogP contribution in [-0.2, 0) is 4.79 Å². The topological polar surface area (TPSA) is 43.1 Å². The molecule has 0 aromatic heterocycles. The van der Waals surface area contributed by atoms with E-state index in [0.29, 0.717) is 0 Å². The molecule has 1 rings (SSSR count). The monoisotopic (exact) mass is 173 g/mol. The van der Waals surface area contributed by atoms with Crippen LogP contribution in [0.5, 0.6) is 0 Å². The summed E-state index contributed by atoms with van der Waals surface area (Å²) in [5, 5.41) is 0.200. The first-order valence-corrected chi connectivity index (χ1v) is 5.14. The molecule has 0 radical (unpaired) electrons. The van der Waals surface area contributed by atoms with Crippen LogP contribution >= 0.6 is 11.8 Å². The van der Waals surface area contributed by atoms with Crippen molar-refractivity contribution in [3.8, 4) is 0 Å². The maximum absolute atomic E-state index is 11.3. The van der Waals surface area contributed by atoms with Crippen molar-refractivity contribution in [3.63, 3.8) is 0 Å². The number of hydrogen-bond donors (Lipinski definition) is 1. The van der Waals surface area contributed by atoms with Gasteiger partial charge in [0.15, 0.2) is 0 Å². The summed E-state index contributed by atoms with van der Waals surface area (Å²) < 4.78 is 0. The molecule has 11 heavy (non-hydrogen) atoms. The minimum atomic E-state index is -0.445. The number of carbonyl (C=O) groups is 1. The fourth-order valence-electron chi connectivity index (χ4n) is 1.10. The molecule has 2 nitrogen and oxygen atoms in total. The van der Waals surface area contributed by atoms with Gasteiger partial charge in [-0.3, -0.25) is 4.79 Å². The normalized spacial score (nSPS) is 20.9. The van der Waals surface area contributed by atoms with Crippen LogP contribution in [0.4, 0.5) is 0 Å². The van der Waals surface area contributed by atoms with Gasteiger partial charge in [-0.25, -0.2) is 0 Å². The smallest absolute Gasteiger partial charge is 0.208 e. The fraction of sp³-hybridized carbons (Fsp3) is 0.875. The van der Waals surface area contributed by atoms with E-state index in [-0.39, 0.29) is 5.12 Å². The molecular weight excluding hydrogens is 158 g/mol. The zero-order valence-electron chi connectivity index (χ0n) is 6.93. The maximum atomic E-state index is 11.3. The SMILES string of the molecule is CCCSC(=O)C1(N)CCC1. The van der Waals surface area contributed by atoms with Crippen LogP contribution in [0.15, 0.2) is 0 Å². The first-order chi connectivity index (χ1) is 5.19. The molecular formula is C8H15NOS. The Morgan fingerprint density at radius 1 is 1.64 bits per heavy atom. The highest BCUT2D eigenvalue weighted by Crippen LogP contribution is 2.33. The highest BCUT2D eigenvalue weighted by molar-refractivity contribution is 8.13. The Hall–Kier alpha value is -0.0200. The summed E-state index contributed by atoms with van der Waals surface area (Å²) in [4.78, 5) is 11.3. The van der Waals surface area contributed by atoms with E-state index in [0.717, 1.165) is 31.4 Å². The molecule has 3 heteroatoms. The highest BCUT2D eigenvalue weighted by atomic mass is 32.2. The lowest BCUT2D eigenvalue weighted by atomic mass is 9.79. The largest absolute Gasteiger partial charge is 0.318 e. The van der Waals surface area contributed by atoms with E-state index in [9.17, 15) is 4.79 Å². The number of carbonyl (C=O) groups excluding carboxylic acids is 1. The van der Waals surface area contributed by atoms with E-state index in [1.165, 1.54) is 11.8 Å². The van der Waals surface area contributed by atoms with Gasteiger partial charge in [-0.05, 0) is 25.7 Å². The van der Waals surface area contributed by atoms with Gasteiger partial charge in [0.1, 0.15) is 0 Å². The fourth-order valence-corrected chi connectivity index (χ4v) is 1.98. The second-order valence-electron chi connectivity index (χ2n) is 3.15. The highest BCUT2D eigenvalue weighted by Gasteiger charge is 2.39. The second kappa shape index (κ2) is 3.59. The molecule has 1 aliphatic carbocycles. The van der Waals surface area contributed by atoms with E-state index in [1.54, 1.807) is 0 Å². The van der Waals surface area contributed by atoms with E-state index < -0.39 is 5.54 Å². The van der Waals surface area contributed by atoms with Crippen molar-refractivity contribution in [1.82, 2.24) is 0 Å². The lowest BCUT2D eigenvalue weighted by molar-refractivity contribution is -0.118. The Morgan fingerprint density at radius 3 is 2.64 bits per heavy atom. The van der Waals surface area contributed by atoms with Crippen molar-refractivity contribution in [2.45, 2.75) is 38.1 Å². The Kier molecular flexibility index (Phi) is 2.96. The molecule has 0 amide bonds. The molecule has 2 N–H and O–H groups in total. The van der Waals surface area contributed by atoms with E-state index >= 15 is 0 Å². The molecule has 0 spiro atoms. The van der Waals surface area contributed by atoms with Gasteiger partial charge in [0, 0.05) is 5.75 Å². The van der Waals surface area contributed by atoms with Crippen LogP contribution in [0.3, 0.4) is 0 Å². The van der Waals surface area contributed by atoms with Crippen LogP contribution in [0.25, 0.3) is 0 Å². The lowest BCUT2D eigenvalue weighted by Gasteiger charge is -2.35. The molecule has 1 fully saturated rings. The molecule has 1 saturated carbocycles. The molecule has 0 aromatic rings. The van der Waals surface area contributed by atoms with Gasteiger partial charge < -0.3 is 5.73 Å². The lowest BCUT2D eigenvalue weighted by Crippen LogP contribution is -2.52. The molecule has 0 bridgehead atoms. The van der Waals surface area contributed by atoms with Gasteiger partial charge in [-0.2, -0.15) is 0 Å². The van der Waals surface area contributed by atoms with E-state index in [2.05, 4.69) is 6.92 Å². The van der Waals surface area contributed by atoms with Gasteiger partial charge in [0.2, 0.25) is 5.12 Å². The Morgan fingerprint density at radius 2 is 2.27 bits per heavy atom. The summed E-state index contributed by atoms with van der Waals surface area (Å²) in [6.45, 7) is 2.07. The Bertz CT molecular complexity index is 154. The molecule has 0 saturated heterocycles. The molecule has 0 atom stereocenters.